The Labute approximate surface area is 131 Å². The predicted octanol–water partition coefficient (Wildman–Crippen LogP) is 4.94. The van der Waals surface area contributed by atoms with E-state index in [0.29, 0.717) is 10.0 Å². The SMILES string of the molecule is CNC(c1ccc(Br)c(F)c1)c1cc(F)c(Br)cc1F. The molecule has 0 spiro atoms. The van der Waals surface area contributed by atoms with Crippen LogP contribution >= 0.6 is 31.9 Å². The van der Waals surface area contributed by atoms with E-state index in [1.165, 1.54) is 12.1 Å². The molecule has 6 heteroatoms. The molecule has 2 aromatic rings. The lowest BCUT2D eigenvalue weighted by Crippen LogP contribution is -2.19. The van der Waals surface area contributed by atoms with Gasteiger partial charge in [0.15, 0.2) is 0 Å². The molecule has 0 aliphatic carbocycles. The van der Waals surface area contributed by atoms with Crippen molar-refractivity contribution in [2.24, 2.45) is 0 Å². The average Bonchev–Trinajstić information content (AvgIpc) is 2.40. The highest BCUT2D eigenvalue weighted by Gasteiger charge is 2.19. The third kappa shape index (κ3) is 3.07. The zero-order chi connectivity index (χ0) is 14.9. The molecule has 0 heterocycles. The summed E-state index contributed by atoms with van der Waals surface area (Å²) in [6, 6.07) is 5.98. The molecule has 20 heavy (non-hydrogen) atoms. The van der Waals surface area contributed by atoms with Crippen LogP contribution in [0.5, 0.6) is 0 Å². The van der Waals surface area contributed by atoms with Crippen LogP contribution in [0.15, 0.2) is 39.3 Å². The van der Waals surface area contributed by atoms with Crippen molar-refractivity contribution in [3.05, 3.63) is 67.9 Å². The molecular weight excluding hydrogens is 399 g/mol. The summed E-state index contributed by atoms with van der Waals surface area (Å²) in [5.74, 6) is -1.60. The number of halogens is 5. The van der Waals surface area contributed by atoms with Crippen molar-refractivity contribution in [2.45, 2.75) is 6.04 Å². The third-order valence-corrected chi connectivity index (χ3v) is 4.17. The Morgan fingerprint density at radius 1 is 0.900 bits per heavy atom. The Balaban J connectivity index is 2.52. The molecule has 1 unspecified atom stereocenters. The summed E-state index contributed by atoms with van der Waals surface area (Å²) in [5, 5.41) is 2.86. The van der Waals surface area contributed by atoms with Crippen LogP contribution < -0.4 is 5.32 Å². The van der Waals surface area contributed by atoms with Gasteiger partial charge in [-0.15, -0.1) is 0 Å². The third-order valence-electron chi connectivity index (χ3n) is 2.92. The number of hydrogen-bond acceptors (Lipinski definition) is 1. The number of benzene rings is 2. The minimum Gasteiger partial charge on any atom is -0.309 e. The second-order valence-electron chi connectivity index (χ2n) is 4.18. The van der Waals surface area contributed by atoms with E-state index in [0.717, 1.165) is 12.1 Å². The molecule has 0 saturated carbocycles. The fourth-order valence-electron chi connectivity index (χ4n) is 1.95. The summed E-state index contributed by atoms with van der Waals surface area (Å²) < 4.78 is 41.5. The highest BCUT2D eigenvalue weighted by atomic mass is 79.9. The molecule has 0 aliphatic rings. The molecular formula is C14H10Br2F3N. The zero-order valence-electron chi connectivity index (χ0n) is 10.4. The van der Waals surface area contributed by atoms with E-state index in [9.17, 15) is 13.2 Å². The Morgan fingerprint density at radius 3 is 2.15 bits per heavy atom. The molecule has 1 atom stereocenters. The lowest BCUT2D eigenvalue weighted by atomic mass is 9.98. The van der Waals surface area contributed by atoms with E-state index < -0.39 is 23.5 Å². The Hall–Kier alpha value is -0.850. The molecule has 0 aromatic heterocycles. The van der Waals surface area contributed by atoms with Gasteiger partial charge in [-0.3, -0.25) is 0 Å². The highest BCUT2D eigenvalue weighted by molar-refractivity contribution is 9.10. The van der Waals surface area contributed by atoms with Crippen LogP contribution in [0.3, 0.4) is 0 Å². The van der Waals surface area contributed by atoms with E-state index in [4.69, 9.17) is 0 Å². The fraction of sp³-hybridized carbons (Fsp3) is 0.143. The first-order valence-corrected chi connectivity index (χ1v) is 7.29. The van der Waals surface area contributed by atoms with Crippen LogP contribution in [-0.2, 0) is 0 Å². The quantitative estimate of drug-likeness (QED) is 0.709. The van der Waals surface area contributed by atoms with Gasteiger partial charge in [-0.1, -0.05) is 6.07 Å². The minimum atomic E-state index is -0.639. The van der Waals surface area contributed by atoms with E-state index >= 15 is 0 Å². The van der Waals surface area contributed by atoms with Crippen LogP contribution in [-0.4, -0.2) is 7.05 Å². The minimum absolute atomic E-state index is 0.0515. The Bertz CT molecular complexity index is 647. The first-order valence-electron chi connectivity index (χ1n) is 5.70. The molecule has 0 bridgehead atoms. The summed E-state index contributed by atoms with van der Waals surface area (Å²) in [5.41, 5.74) is 0.628. The van der Waals surface area contributed by atoms with Gasteiger partial charge >= 0.3 is 0 Å². The second kappa shape index (κ2) is 6.28. The van der Waals surface area contributed by atoms with Crippen molar-refractivity contribution >= 4 is 31.9 Å². The van der Waals surface area contributed by atoms with Crippen molar-refractivity contribution in [3.8, 4) is 0 Å². The van der Waals surface area contributed by atoms with E-state index in [1.807, 2.05) is 0 Å². The molecule has 0 radical (unpaired) electrons. The highest BCUT2D eigenvalue weighted by Crippen LogP contribution is 2.29. The molecule has 2 aromatic carbocycles. The van der Waals surface area contributed by atoms with Gasteiger partial charge in [0, 0.05) is 5.56 Å². The van der Waals surface area contributed by atoms with Gasteiger partial charge in [-0.2, -0.15) is 0 Å². The largest absolute Gasteiger partial charge is 0.309 e. The van der Waals surface area contributed by atoms with Crippen LogP contribution in [0.1, 0.15) is 17.2 Å². The fourth-order valence-corrected chi connectivity index (χ4v) is 2.51. The Morgan fingerprint density at radius 2 is 1.55 bits per heavy atom. The number of nitrogens with one attached hydrogen (secondary N) is 1. The lowest BCUT2D eigenvalue weighted by molar-refractivity contribution is 0.552. The first kappa shape index (κ1) is 15.5. The molecule has 0 aliphatic heterocycles. The maximum absolute atomic E-state index is 14.0. The predicted molar refractivity (Wildman–Crippen MR) is 79.1 cm³/mol. The first-order chi connectivity index (χ1) is 9.43. The zero-order valence-corrected chi connectivity index (χ0v) is 13.5. The van der Waals surface area contributed by atoms with Crippen LogP contribution in [0.4, 0.5) is 13.2 Å². The molecule has 1 nitrogen and oxygen atoms in total. The summed E-state index contributed by atoms with van der Waals surface area (Å²) in [6.07, 6.45) is 0. The van der Waals surface area contributed by atoms with Crippen LogP contribution in [0.2, 0.25) is 0 Å². The summed E-state index contributed by atoms with van der Waals surface area (Å²) in [4.78, 5) is 0. The molecule has 1 N–H and O–H groups in total. The smallest absolute Gasteiger partial charge is 0.137 e. The maximum atomic E-state index is 14.0. The summed E-state index contributed by atoms with van der Waals surface area (Å²) in [6.45, 7) is 0. The molecule has 106 valence electrons. The molecule has 0 amide bonds. The number of hydrogen-bond donors (Lipinski definition) is 1. The van der Waals surface area contributed by atoms with Gasteiger partial charge < -0.3 is 5.32 Å². The van der Waals surface area contributed by atoms with Crippen LogP contribution in [0, 0.1) is 17.5 Å². The van der Waals surface area contributed by atoms with Crippen LogP contribution in [0.25, 0.3) is 0 Å². The Kier molecular flexibility index (Phi) is 4.88. The van der Waals surface area contributed by atoms with Crippen molar-refractivity contribution in [1.29, 1.82) is 0 Å². The summed E-state index contributed by atoms with van der Waals surface area (Å²) in [7, 11) is 1.60. The average molecular weight is 409 g/mol. The van der Waals surface area contributed by atoms with Crippen molar-refractivity contribution in [2.75, 3.05) is 7.05 Å². The van der Waals surface area contributed by atoms with Gasteiger partial charge in [0.05, 0.1) is 15.0 Å². The van der Waals surface area contributed by atoms with Gasteiger partial charge in [-0.25, -0.2) is 13.2 Å². The van der Waals surface area contributed by atoms with Gasteiger partial charge in [0.25, 0.3) is 0 Å². The van der Waals surface area contributed by atoms with Crippen molar-refractivity contribution in [1.82, 2.24) is 5.32 Å². The maximum Gasteiger partial charge on any atom is 0.137 e. The number of rotatable bonds is 3. The standard InChI is InChI=1S/C14H10Br2F3N/c1-20-14(7-2-3-9(15)12(18)4-7)8-5-13(19)10(16)6-11(8)17/h2-6,14,20H,1H3. The molecule has 2 rings (SSSR count). The molecule has 0 saturated heterocycles. The lowest BCUT2D eigenvalue weighted by Gasteiger charge is -2.18. The van der Waals surface area contributed by atoms with Gasteiger partial charge in [-0.05, 0) is 68.7 Å². The summed E-state index contributed by atoms with van der Waals surface area (Å²) >= 11 is 5.98. The second-order valence-corrected chi connectivity index (χ2v) is 5.89. The van der Waals surface area contributed by atoms with Crippen molar-refractivity contribution < 1.29 is 13.2 Å². The van der Waals surface area contributed by atoms with Gasteiger partial charge in [0.1, 0.15) is 17.5 Å². The van der Waals surface area contributed by atoms with Crippen molar-refractivity contribution in [3.63, 3.8) is 0 Å². The van der Waals surface area contributed by atoms with E-state index in [2.05, 4.69) is 37.2 Å². The normalized spacial score (nSPS) is 12.5. The van der Waals surface area contributed by atoms with E-state index in [-0.39, 0.29) is 10.0 Å². The molecule has 0 fully saturated rings. The van der Waals surface area contributed by atoms with E-state index in [1.54, 1.807) is 13.1 Å². The monoisotopic (exact) mass is 407 g/mol. The topological polar surface area (TPSA) is 12.0 Å². The van der Waals surface area contributed by atoms with Gasteiger partial charge in [0.2, 0.25) is 0 Å².